The average Bonchev–Trinajstić information content (AvgIpc) is 2.97. The van der Waals surface area contributed by atoms with Crippen LogP contribution in [0.25, 0.3) is 0 Å². The Balaban J connectivity index is 1.85. The molecule has 1 aromatic carbocycles. The van der Waals surface area contributed by atoms with Crippen LogP contribution in [-0.2, 0) is 9.59 Å². The number of rotatable bonds is 7. The van der Waals surface area contributed by atoms with E-state index in [1.807, 2.05) is 19.1 Å². The molecule has 0 spiro atoms. The van der Waals surface area contributed by atoms with E-state index in [9.17, 15) is 9.59 Å². The number of carbonyl (C=O) groups excluding carboxylic acids is 2. The molecule has 3 N–H and O–H groups in total. The standard InChI is InChI=1S/C16H23N3O3/c1-12(9-17)10-18-15(20)11-22-14-5-2-4-13(8-14)19-7-3-6-16(19)21/h2,4-5,8,12H,3,6-7,9-11,17H2,1H3,(H,18,20). The normalized spacial score (nSPS) is 15.7. The number of amides is 2. The Kier molecular flexibility index (Phi) is 5.77. The van der Waals surface area contributed by atoms with Crippen LogP contribution in [0.3, 0.4) is 0 Å². The molecular formula is C16H23N3O3. The summed E-state index contributed by atoms with van der Waals surface area (Å²) in [7, 11) is 0. The first-order valence-electron chi connectivity index (χ1n) is 7.60. The lowest BCUT2D eigenvalue weighted by molar-refractivity contribution is -0.123. The lowest BCUT2D eigenvalue weighted by Crippen LogP contribution is -2.34. The topological polar surface area (TPSA) is 84.7 Å². The minimum Gasteiger partial charge on any atom is -0.484 e. The zero-order valence-corrected chi connectivity index (χ0v) is 12.9. The van der Waals surface area contributed by atoms with Crippen LogP contribution in [0.5, 0.6) is 5.75 Å². The summed E-state index contributed by atoms with van der Waals surface area (Å²) < 4.78 is 5.49. The first-order chi connectivity index (χ1) is 10.6. The third kappa shape index (κ3) is 4.46. The SMILES string of the molecule is CC(CN)CNC(=O)COc1cccc(N2CCCC2=O)c1. The first-order valence-corrected chi connectivity index (χ1v) is 7.60. The van der Waals surface area contributed by atoms with Gasteiger partial charge in [0.15, 0.2) is 6.61 Å². The molecule has 1 saturated heterocycles. The van der Waals surface area contributed by atoms with Crippen molar-refractivity contribution in [2.45, 2.75) is 19.8 Å². The molecule has 0 saturated carbocycles. The second-order valence-electron chi connectivity index (χ2n) is 5.58. The van der Waals surface area contributed by atoms with E-state index >= 15 is 0 Å². The zero-order chi connectivity index (χ0) is 15.9. The quantitative estimate of drug-likeness (QED) is 0.784. The molecule has 1 fully saturated rings. The number of nitrogens with one attached hydrogen (secondary N) is 1. The van der Waals surface area contributed by atoms with Crippen LogP contribution >= 0.6 is 0 Å². The van der Waals surface area contributed by atoms with Crippen molar-refractivity contribution in [3.63, 3.8) is 0 Å². The number of ether oxygens (including phenoxy) is 1. The number of hydrogen-bond acceptors (Lipinski definition) is 4. The van der Waals surface area contributed by atoms with Crippen LogP contribution in [0.1, 0.15) is 19.8 Å². The van der Waals surface area contributed by atoms with Gasteiger partial charge in [0.1, 0.15) is 5.75 Å². The van der Waals surface area contributed by atoms with Crippen molar-refractivity contribution in [2.24, 2.45) is 11.7 Å². The Morgan fingerprint density at radius 1 is 1.50 bits per heavy atom. The predicted molar refractivity (Wildman–Crippen MR) is 84.8 cm³/mol. The van der Waals surface area contributed by atoms with Crippen molar-refractivity contribution in [3.05, 3.63) is 24.3 Å². The van der Waals surface area contributed by atoms with Gasteiger partial charge in [0.05, 0.1) is 0 Å². The van der Waals surface area contributed by atoms with E-state index in [1.54, 1.807) is 17.0 Å². The molecule has 1 atom stereocenters. The van der Waals surface area contributed by atoms with Gasteiger partial charge in [-0.25, -0.2) is 0 Å². The summed E-state index contributed by atoms with van der Waals surface area (Å²) in [5, 5.41) is 2.77. The molecule has 0 aromatic heterocycles. The van der Waals surface area contributed by atoms with Gasteiger partial charge in [-0.1, -0.05) is 13.0 Å². The minimum absolute atomic E-state index is 0.0469. The minimum atomic E-state index is -0.178. The summed E-state index contributed by atoms with van der Waals surface area (Å²) in [6.07, 6.45) is 1.47. The van der Waals surface area contributed by atoms with E-state index in [0.29, 0.717) is 25.3 Å². The largest absolute Gasteiger partial charge is 0.484 e. The van der Waals surface area contributed by atoms with Crippen molar-refractivity contribution < 1.29 is 14.3 Å². The number of hydrogen-bond donors (Lipinski definition) is 2. The average molecular weight is 305 g/mol. The Labute approximate surface area is 130 Å². The van der Waals surface area contributed by atoms with E-state index in [0.717, 1.165) is 18.7 Å². The maximum Gasteiger partial charge on any atom is 0.257 e. The first kappa shape index (κ1) is 16.3. The monoisotopic (exact) mass is 305 g/mol. The van der Waals surface area contributed by atoms with Gasteiger partial charge < -0.3 is 20.7 Å². The van der Waals surface area contributed by atoms with Crippen molar-refractivity contribution in [2.75, 3.05) is 31.1 Å². The summed E-state index contributed by atoms with van der Waals surface area (Å²) in [6.45, 7) is 3.74. The van der Waals surface area contributed by atoms with Gasteiger partial charge in [-0.15, -0.1) is 0 Å². The van der Waals surface area contributed by atoms with Gasteiger partial charge in [0.25, 0.3) is 5.91 Å². The van der Waals surface area contributed by atoms with Crippen LogP contribution in [0.15, 0.2) is 24.3 Å². The molecule has 2 rings (SSSR count). The molecule has 1 aliphatic rings. The number of carbonyl (C=O) groups is 2. The second-order valence-corrected chi connectivity index (χ2v) is 5.58. The van der Waals surface area contributed by atoms with Crippen LogP contribution in [0.2, 0.25) is 0 Å². The van der Waals surface area contributed by atoms with E-state index < -0.39 is 0 Å². The van der Waals surface area contributed by atoms with E-state index in [-0.39, 0.29) is 24.3 Å². The molecular weight excluding hydrogens is 282 g/mol. The summed E-state index contributed by atoms with van der Waals surface area (Å²) in [6, 6.07) is 7.27. The van der Waals surface area contributed by atoms with Gasteiger partial charge in [-0.3, -0.25) is 9.59 Å². The van der Waals surface area contributed by atoms with Gasteiger partial charge >= 0.3 is 0 Å². The van der Waals surface area contributed by atoms with Crippen molar-refractivity contribution in [3.8, 4) is 5.75 Å². The Morgan fingerprint density at radius 3 is 3.00 bits per heavy atom. The van der Waals surface area contributed by atoms with Crippen LogP contribution < -0.4 is 20.7 Å². The Bertz CT molecular complexity index is 533. The number of nitrogens with two attached hydrogens (primary N) is 1. The van der Waals surface area contributed by atoms with Gasteiger partial charge in [0.2, 0.25) is 5.91 Å². The maximum absolute atomic E-state index is 11.7. The Morgan fingerprint density at radius 2 is 2.32 bits per heavy atom. The molecule has 0 radical (unpaired) electrons. The highest BCUT2D eigenvalue weighted by Crippen LogP contribution is 2.25. The zero-order valence-electron chi connectivity index (χ0n) is 12.9. The fraction of sp³-hybridized carbons (Fsp3) is 0.500. The number of anilines is 1. The van der Waals surface area contributed by atoms with Gasteiger partial charge in [-0.05, 0) is 31.0 Å². The molecule has 1 aliphatic heterocycles. The van der Waals surface area contributed by atoms with E-state index in [1.165, 1.54) is 0 Å². The van der Waals surface area contributed by atoms with E-state index in [4.69, 9.17) is 10.5 Å². The summed E-state index contributed by atoms with van der Waals surface area (Å²) in [5.41, 5.74) is 6.31. The van der Waals surface area contributed by atoms with Gasteiger partial charge in [-0.2, -0.15) is 0 Å². The maximum atomic E-state index is 11.7. The highest BCUT2D eigenvalue weighted by atomic mass is 16.5. The molecule has 1 heterocycles. The summed E-state index contributed by atoms with van der Waals surface area (Å²) in [5.74, 6) is 0.779. The van der Waals surface area contributed by atoms with Gasteiger partial charge in [0, 0.05) is 31.3 Å². The van der Waals surface area contributed by atoms with E-state index in [2.05, 4.69) is 5.32 Å². The van der Waals surface area contributed by atoms with Crippen molar-refractivity contribution in [1.82, 2.24) is 5.32 Å². The lowest BCUT2D eigenvalue weighted by Gasteiger charge is -2.16. The van der Waals surface area contributed by atoms with Crippen molar-refractivity contribution >= 4 is 17.5 Å². The highest BCUT2D eigenvalue weighted by Gasteiger charge is 2.21. The van der Waals surface area contributed by atoms with Crippen LogP contribution in [0.4, 0.5) is 5.69 Å². The molecule has 1 aromatic rings. The lowest BCUT2D eigenvalue weighted by atomic mass is 10.2. The highest BCUT2D eigenvalue weighted by molar-refractivity contribution is 5.95. The predicted octanol–water partition coefficient (Wildman–Crippen LogP) is 0.903. The third-order valence-electron chi connectivity index (χ3n) is 3.62. The number of benzene rings is 1. The summed E-state index contributed by atoms with van der Waals surface area (Å²) in [4.78, 5) is 25.2. The second kappa shape index (κ2) is 7.79. The smallest absolute Gasteiger partial charge is 0.257 e. The molecule has 6 nitrogen and oxygen atoms in total. The third-order valence-corrected chi connectivity index (χ3v) is 3.62. The number of nitrogens with zero attached hydrogens (tertiary/aromatic N) is 1. The van der Waals surface area contributed by atoms with Crippen LogP contribution in [-0.4, -0.2) is 38.1 Å². The molecule has 0 bridgehead atoms. The molecule has 22 heavy (non-hydrogen) atoms. The summed E-state index contributed by atoms with van der Waals surface area (Å²) >= 11 is 0. The Hall–Kier alpha value is -2.08. The molecule has 120 valence electrons. The molecule has 6 heteroatoms. The molecule has 2 amide bonds. The van der Waals surface area contributed by atoms with Crippen molar-refractivity contribution in [1.29, 1.82) is 0 Å². The van der Waals surface area contributed by atoms with Crippen LogP contribution in [0, 0.1) is 5.92 Å². The molecule has 1 unspecified atom stereocenters. The fourth-order valence-electron chi connectivity index (χ4n) is 2.23. The fourth-order valence-corrected chi connectivity index (χ4v) is 2.23. The molecule has 0 aliphatic carbocycles.